The molecular formula is C7H9FN2O. The Morgan fingerprint density at radius 3 is 2.91 bits per heavy atom. The number of hydroxylamine groups is 2. The van der Waals surface area contributed by atoms with E-state index in [1.54, 1.807) is 0 Å². The molecule has 11 heavy (non-hydrogen) atoms. The van der Waals surface area contributed by atoms with Crippen molar-refractivity contribution in [2.75, 3.05) is 7.05 Å². The maximum absolute atomic E-state index is 12.5. The Kier molecular flexibility index (Phi) is 2.51. The van der Waals surface area contributed by atoms with E-state index in [1.807, 2.05) is 0 Å². The molecule has 1 aromatic heterocycles. The van der Waals surface area contributed by atoms with Crippen molar-refractivity contribution in [3.63, 3.8) is 0 Å². The lowest BCUT2D eigenvalue weighted by Crippen LogP contribution is -2.11. The van der Waals surface area contributed by atoms with E-state index in [2.05, 4.69) is 4.98 Å². The van der Waals surface area contributed by atoms with Gasteiger partial charge in [-0.15, -0.1) is 0 Å². The summed E-state index contributed by atoms with van der Waals surface area (Å²) in [4.78, 5) is 3.62. The maximum Gasteiger partial charge on any atom is 0.141 e. The van der Waals surface area contributed by atoms with Gasteiger partial charge < -0.3 is 5.21 Å². The van der Waals surface area contributed by atoms with Crippen LogP contribution in [0.2, 0.25) is 0 Å². The summed E-state index contributed by atoms with van der Waals surface area (Å²) in [6.45, 7) is 0.282. The monoisotopic (exact) mass is 156 g/mol. The minimum Gasteiger partial charge on any atom is -0.314 e. The van der Waals surface area contributed by atoms with E-state index in [-0.39, 0.29) is 12.4 Å². The molecule has 0 saturated heterocycles. The Bertz CT molecular complexity index is 240. The minimum absolute atomic E-state index is 0.282. The molecule has 0 fully saturated rings. The highest BCUT2D eigenvalue weighted by molar-refractivity contribution is 5.09. The third kappa shape index (κ3) is 2.61. The maximum atomic E-state index is 12.5. The molecule has 3 nitrogen and oxygen atoms in total. The molecule has 1 rings (SSSR count). The normalized spacial score (nSPS) is 10.5. The van der Waals surface area contributed by atoms with Crippen LogP contribution in [-0.2, 0) is 6.54 Å². The number of aromatic nitrogens is 1. The molecule has 0 aliphatic heterocycles. The third-order valence-electron chi connectivity index (χ3n) is 1.17. The molecule has 1 aromatic rings. The van der Waals surface area contributed by atoms with Gasteiger partial charge in [-0.1, -0.05) is 0 Å². The lowest BCUT2D eigenvalue weighted by molar-refractivity contribution is -0.0732. The number of pyridine rings is 1. The summed E-state index contributed by atoms with van der Waals surface area (Å²) >= 11 is 0. The van der Waals surface area contributed by atoms with Crippen molar-refractivity contribution in [1.82, 2.24) is 10.0 Å². The molecule has 4 heteroatoms. The molecule has 60 valence electrons. The van der Waals surface area contributed by atoms with Crippen molar-refractivity contribution in [3.05, 3.63) is 29.8 Å². The zero-order valence-electron chi connectivity index (χ0n) is 6.16. The molecule has 0 bridgehead atoms. The molecule has 1 heterocycles. The number of rotatable bonds is 2. The van der Waals surface area contributed by atoms with Crippen LogP contribution in [0.25, 0.3) is 0 Å². The van der Waals surface area contributed by atoms with E-state index < -0.39 is 0 Å². The first-order chi connectivity index (χ1) is 5.18. The van der Waals surface area contributed by atoms with Crippen molar-refractivity contribution in [2.24, 2.45) is 0 Å². The van der Waals surface area contributed by atoms with Crippen LogP contribution >= 0.6 is 0 Å². The molecule has 0 saturated carbocycles. The highest BCUT2D eigenvalue weighted by Crippen LogP contribution is 2.01. The smallest absolute Gasteiger partial charge is 0.141 e. The second kappa shape index (κ2) is 3.41. The quantitative estimate of drug-likeness (QED) is 0.650. The molecule has 0 radical (unpaired) electrons. The summed E-state index contributed by atoms with van der Waals surface area (Å²) < 4.78 is 12.5. The molecule has 0 unspecified atom stereocenters. The Morgan fingerprint density at radius 2 is 2.36 bits per heavy atom. The van der Waals surface area contributed by atoms with E-state index in [4.69, 9.17) is 5.21 Å². The van der Waals surface area contributed by atoms with Crippen LogP contribution in [0, 0.1) is 5.82 Å². The number of hydrogen-bond acceptors (Lipinski definition) is 3. The fourth-order valence-corrected chi connectivity index (χ4v) is 0.807. The van der Waals surface area contributed by atoms with Crippen LogP contribution in [0.4, 0.5) is 4.39 Å². The van der Waals surface area contributed by atoms with Gasteiger partial charge in [0.05, 0.1) is 12.7 Å². The number of hydrogen-bond donors (Lipinski definition) is 1. The second-order valence-electron chi connectivity index (χ2n) is 2.33. The molecule has 0 amide bonds. The van der Waals surface area contributed by atoms with Crippen LogP contribution in [-0.4, -0.2) is 22.3 Å². The lowest BCUT2D eigenvalue weighted by atomic mass is 10.3. The van der Waals surface area contributed by atoms with Gasteiger partial charge in [-0.2, -0.15) is 5.06 Å². The van der Waals surface area contributed by atoms with Gasteiger partial charge in [0.15, 0.2) is 0 Å². The van der Waals surface area contributed by atoms with Crippen molar-refractivity contribution in [1.29, 1.82) is 0 Å². The fourth-order valence-electron chi connectivity index (χ4n) is 0.807. The molecule has 0 aromatic carbocycles. The van der Waals surface area contributed by atoms with Gasteiger partial charge in [0, 0.05) is 13.2 Å². The van der Waals surface area contributed by atoms with Crippen molar-refractivity contribution < 1.29 is 9.60 Å². The van der Waals surface area contributed by atoms with Crippen LogP contribution in [0.5, 0.6) is 0 Å². The second-order valence-corrected chi connectivity index (χ2v) is 2.33. The lowest BCUT2D eigenvalue weighted by Gasteiger charge is -2.06. The van der Waals surface area contributed by atoms with Gasteiger partial charge in [0.2, 0.25) is 0 Å². The van der Waals surface area contributed by atoms with Crippen LogP contribution < -0.4 is 0 Å². The third-order valence-corrected chi connectivity index (χ3v) is 1.17. The number of nitrogens with zero attached hydrogens (tertiary/aromatic N) is 2. The predicted molar refractivity (Wildman–Crippen MR) is 37.4 cm³/mol. The summed E-state index contributed by atoms with van der Waals surface area (Å²) in [5.74, 6) is -0.385. The summed E-state index contributed by atoms with van der Waals surface area (Å²) in [5, 5.41) is 9.75. The van der Waals surface area contributed by atoms with Crippen LogP contribution in [0.15, 0.2) is 18.5 Å². The van der Waals surface area contributed by atoms with Crippen LogP contribution in [0.1, 0.15) is 5.56 Å². The van der Waals surface area contributed by atoms with E-state index >= 15 is 0 Å². The molecule has 0 atom stereocenters. The van der Waals surface area contributed by atoms with Gasteiger partial charge in [0.1, 0.15) is 5.82 Å². The largest absolute Gasteiger partial charge is 0.314 e. The molecule has 0 spiro atoms. The topological polar surface area (TPSA) is 36.4 Å². The standard InChI is InChI=1S/C7H9FN2O/c1-10(11)5-6-2-7(8)4-9-3-6/h2-4,11H,5H2,1H3. The Hall–Kier alpha value is -1.00. The van der Waals surface area contributed by atoms with Gasteiger partial charge in [0.25, 0.3) is 0 Å². The SMILES string of the molecule is CN(O)Cc1cncc(F)c1. The Labute approximate surface area is 64.1 Å². The van der Waals surface area contributed by atoms with Crippen molar-refractivity contribution >= 4 is 0 Å². The zero-order valence-corrected chi connectivity index (χ0v) is 6.16. The van der Waals surface area contributed by atoms with E-state index in [9.17, 15) is 4.39 Å². The van der Waals surface area contributed by atoms with E-state index in [0.29, 0.717) is 5.56 Å². The Balaban J connectivity index is 2.71. The number of halogens is 1. The highest BCUT2D eigenvalue weighted by atomic mass is 19.1. The summed E-state index contributed by atoms with van der Waals surface area (Å²) in [7, 11) is 1.49. The van der Waals surface area contributed by atoms with Gasteiger partial charge in [-0.3, -0.25) is 4.98 Å². The first kappa shape index (κ1) is 8.10. The summed E-state index contributed by atoms with van der Waals surface area (Å²) in [5.41, 5.74) is 0.648. The zero-order chi connectivity index (χ0) is 8.27. The van der Waals surface area contributed by atoms with Crippen molar-refractivity contribution in [2.45, 2.75) is 6.54 Å². The molecular weight excluding hydrogens is 147 g/mol. The first-order valence-corrected chi connectivity index (χ1v) is 3.18. The molecule has 0 aliphatic rings. The van der Waals surface area contributed by atoms with Gasteiger partial charge >= 0.3 is 0 Å². The van der Waals surface area contributed by atoms with Crippen LogP contribution in [0.3, 0.4) is 0 Å². The summed E-state index contributed by atoms with van der Waals surface area (Å²) in [6.07, 6.45) is 2.64. The average molecular weight is 156 g/mol. The van der Waals surface area contributed by atoms with Gasteiger partial charge in [-0.05, 0) is 11.6 Å². The summed E-state index contributed by atoms with van der Waals surface area (Å²) in [6, 6.07) is 1.33. The Morgan fingerprint density at radius 1 is 1.64 bits per heavy atom. The predicted octanol–water partition coefficient (Wildman–Crippen LogP) is 1.04. The van der Waals surface area contributed by atoms with Crippen molar-refractivity contribution in [3.8, 4) is 0 Å². The van der Waals surface area contributed by atoms with E-state index in [1.165, 1.54) is 19.3 Å². The molecule has 0 aliphatic carbocycles. The van der Waals surface area contributed by atoms with E-state index in [0.717, 1.165) is 11.3 Å². The fraction of sp³-hybridized carbons (Fsp3) is 0.286. The average Bonchev–Trinajstić information content (AvgIpc) is 1.85. The minimum atomic E-state index is -0.385. The first-order valence-electron chi connectivity index (χ1n) is 3.18. The molecule has 1 N–H and O–H groups in total. The highest BCUT2D eigenvalue weighted by Gasteiger charge is 1.97. The van der Waals surface area contributed by atoms with Gasteiger partial charge in [-0.25, -0.2) is 4.39 Å².